The molecule has 7 heteroatoms. The fourth-order valence-electron chi connectivity index (χ4n) is 1.73. The summed E-state index contributed by atoms with van der Waals surface area (Å²) in [6.07, 6.45) is 0. The predicted molar refractivity (Wildman–Crippen MR) is 62.6 cm³/mol. The zero-order valence-electron chi connectivity index (χ0n) is 10.5. The van der Waals surface area contributed by atoms with Crippen LogP contribution in [0, 0.1) is 23.5 Å². The minimum atomic E-state index is -1.73. The molecular formula is C13H9F4NO2. The highest BCUT2D eigenvalue weighted by Gasteiger charge is 2.24. The summed E-state index contributed by atoms with van der Waals surface area (Å²) in [5.74, 6) is -6.26. The van der Waals surface area contributed by atoms with Gasteiger partial charge >= 0.3 is 0 Å². The molecule has 20 heavy (non-hydrogen) atoms. The first-order chi connectivity index (χ1) is 9.49. The number of ether oxygens (including phenoxy) is 2. The van der Waals surface area contributed by atoms with Crippen LogP contribution in [0.1, 0.15) is 0 Å². The number of aromatic nitrogens is 1. The van der Waals surface area contributed by atoms with Crippen LogP contribution >= 0.6 is 0 Å². The largest absolute Gasteiger partial charge is 0.497 e. The van der Waals surface area contributed by atoms with Gasteiger partial charge in [0.15, 0.2) is 11.6 Å². The number of rotatable bonds is 3. The molecule has 0 radical (unpaired) electrons. The second kappa shape index (κ2) is 5.36. The van der Waals surface area contributed by atoms with E-state index >= 15 is 0 Å². The lowest BCUT2D eigenvalue weighted by Gasteiger charge is -2.12. The maximum atomic E-state index is 13.7. The molecule has 106 valence electrons. The van der Waals surface area contributed by atoms with Gasteiger partial charge in [-0.05, 0) is 12.1 Å². The van der Waals surface area contributed by atoms with E-state index in [1.54, 1.807) is 0 Å². The molecule has 0 bridgehead atoms. The molecule has 1 heterocycles. The molecular weight excluding hydrogens is 278 g/mol. The molecule has 0 aliphatic heterocycles. The lowest BCUT2D eigenvalue weighted by molar-refractivity contribution is 0.392. The van der Waals surface area contributed by atoms with Crippen molar-refractivity contribution in [3.05, 3.63) is 41.7 Å². The number of methoxy groups -OCH3 is 2. The van der Waals surface area contributed by atoms with Gasteiger partial charge < -0.3 is 9.47 Å². The fourth-order valence-corrected chi connectivity index (χ4v) is 1.73. The Balaban J connectivity index is 2.74. The van der Waals surface area contributed by atoms with E-state index in [4.69, 9.17) is 9.47 Å². The molecule has 1 aromatic heterocycles. The standard InChI is InChI=1S/C13H9F4NO2/c1-19-6-3-4-7(8(5-6)20-2)9-10(14)12(16)18-13(17)11(9)15/h3-5H,1-2H3. The Bertz CT molecular complexity index is 635. The van der Waals surface area contributed by atoms with Gasteiger partial charge in [-0.25, -0.2) is 8.78 Å². The maximum Gasteiger partial charge on any atom is 0.252 e. The smallest absolute Gasteiger partial charge is 0.252 e. The highest BCUT2D eigenvalue weighted by Crippen LogP contribution is 2.37. The van der Waals surface area contributed by atoms with Gasteiger partial charge in [0.25, 0.3) is 11.9 Å². The van der Waals surface area contributed by atoms with Gasteiger partial charge in [0.05, 0.1) is 19.8 Å². The summed E-state index contributed by atoms with van der Waals surface area (Å²) in [6.45, 7) is 0. The summed E-state index contributed by atoms with van der Waals surface area (Å²) in [6, 6.07) is 3.95. The van der Waals surface area contributed by atoms with Crippen LogP contribution in [-0.2, 0) is 0 Å². The van der Waals surface area contributed by atoms with Gasteiger partial charge in [-0.15, -0.1) is 0 Å². The SMILES string of the molecule is COc1ccc(-c2c(F)c(F)nc(F)c2F)c(OC)c1. The molecule has 0 amide bonds. The highest BCUT2D eigenvalue weighted by atomic mass is 19.2. The van der Waals surface area contributed by atoms with E-state index in [0.717, 1.165) is 0 Å². The van der Waals surface area contributed by atoms with Gasteiger partial charge in [0, 0.05) is 11.6 Å². The number of benzene rings is 1. The molecule has 2 aromatic rings. The molecule has 3 nitrogen and oxygen atoms in total. The Morgan fingerprint density at radius 3 is 2.00 bits per heavy atom. The monoisotopic (exact) mass is 287 g/mol. The predicted octanol–water partition coefficient (Wildman–Crippen LogP) is 3.32. The highest BCUT2D eigenvalue weighted by molar-refractivity contribution is 5.72. The summed E-state index contributed by atoms with van der Waals surface area (Å²) < 4.78 is 63.5. The van der Waals surface area contributed by atoms with Crippen molar-refractivity contribution in [2.24, 2.45) is 0 Å². The fraction of sp³-hybridized carbons (Fsp3) is 0.154. The molecule has 2 rings (SSSR count). The van der Waals surface area contributed by atoms with Gasteiger partial charge in [-0.3, -0.25) is 0 Å². The molecule has 0 saturated carbocycles. The Labute approximate surface area is 111 Å². The Kier molecular flexibility index (Phi) is 3.78. The van der Waals surface area contributed by atoms with Crippen molar-refractivity contribution in [3.8, 4) is 22.6 Å². The number of nitrogens with zero attached hydrogens (tertiary/aromatic N) is 1. The van der Waals surface area contributed by atoms with Crippen LogP contribution in [0.3, 0.4) is 0 Å². The van der Waals surface area contributed by atoms with Crippen LogP contribution in [0.15, 0.2) is 18.2 Å². The van der Waals surface area contributed by atoms with Crippen molar-refractivity contribution >= 4 is 0 Å². The third-order valence-electron chi connectivity index (χ3n) is 2.68. The van der Waals surface area contributed by atoms with Crippen LogP contribution in [0.2, 0.25) is 0 Å². The Morgan fingerprint density at radius 1 is 0.900 bits per heavy atom. The van der Waals surface area contributed by atoms with E-state index in [0.29, 0.717) is 5.75 Å². The van der Waals surface area contributed by atoms with Crippen LogP contribution in [-0.4, -0.2) is 19.2 Å². The summed E-state index contributed by atoms with van der Waals surface area (Å²) in [7, 11) is 2.64. The van der Waals surface area contributed by atoms with Crippen molar-refractivity contribution < 1.29 is 27.0 Å². The molecule has 1 aromatic carbocycles. The van der Waals surface area contributed by atoms with Crippen LogP contribution in [0.4, 0.5) is 17.6 Å². The van der Waals surface area contributed by atoms with Gasteiger partial charge in [0.1, 0.15) is 11.5 Å². The van der Waals surface area contributed by atoms with Gasteiger partial charge in [-0.1, -0.05) is 0 Å². The van der Waals surface area contributed by atoms with Crippen LogP contribution < -0.4 is 9.47 Å². The molecule has 0 aliphatic rings. The Hall–Kier alpha value is -2.31. The normalized spacial score (nSPS) is 10.5. The van der Waals surface area contributed by atoms with E-state index in [9.17, 15) is 17.6 Å². The second-order valence-corrected chi connectivity index (χ2v) is 3.76. The molecule has 0 fully saturated rings. The molecule has 0 aliphatic carbocycles. The molecule has 0 atom stereocenters. The van der Waals surface area contributed by atoms with Crippen molar-refractivity contribution in [2.75, 3.05) is 14.2 Å². The third-order valence-corrected chi connectivity index (χ3v) is 2.68. The van der Waals surface area contributed by atoms with E-state index in [2.05, 4.69) is 4.98 Å². The van der Waals surface area contributed by atoms with Crippen LogP contribution in [0.5, 0.6) is 11.5 Å². The van der Waals surface area contributed by atoms with E-state index in [1.807, 2.05) is 0 Å². The van der Waals surface area contributed by atoms with Gasteiger partial charge in [0.2, 0.25) is 0 Å². The van der Waals surface area contributed by atoms with Gasteiger partial charge in [-0.2, -0.15) is 13.8 Å². The van der Waals surface area contributed by atoms with E-state index < -0.39 is 29.1 Å². The first-order valence-electron chi connectivity index (χ1n) is 5.42. The second-order valence-electron chi connectivity index (χ2n) is 3.76. The summed E-state index contributed by atoms with van der Waals surface area (Å²) in [5.41, 5.74) is -1.03. The van der Waals surface area contributed by atoms with E-state index in [1.165, 1.54) is 32.4 Å². The lowest BCUT2D eigenvalue weighted by Crippen LogP contribution is -2.04. The van der Waals surface area contributed by atoms with Crippen LogP contribution in [0.25, 0.3) is 11.1 Å². The molecule has 0 spiro atoms. The third kappa shape index (κ3) is 2.26. The minimum Gasteiger partial charge on any atom is -0.497 e. The zero-order valence-corrected chi connectivity index (χ0v) is 10.5. The summed E-state index contributed by atoms with van der Waals surface area (Å²) in [4.78, 5) is 2.50. The molecule has 0 N–H and O–H groups in total. The maximum absolute atomic E-state index is 13.7. The summed E-state index contributed by atoms with van der Waals surface area (Å²) >= 11 is 0. The number of halogens is 4. The van der Waals surface area contributed by atoms with Crippen molar-refractivity contribution in [2.45, 2.75) is 0 Å². The number of pyridine rings is 1. The quantitative estimate of drug-likeness (QED) is 0.641. The Morgan fingerprint density at radius 2 is 1.50 bits per heavy atom. The van der Waals surface area contributed by atoms with Crippen molar-refractivity contribution in [1.82, 2.24) is 4.98 Å². The first-order valence-corrected chi connectivity index (χ1v) is 5.42. The molecule has 0 saturated heterocycles. The topological polar surface area (TPSA) is 31.4 Å². The number of hydrogen-bond donors (Lipinski definition) is 0. The average molecular weight is 287 g/mol. The zero-order chi connectivity index (χ0) is 14.9. The van der Waals surface area contributed by atoms with Crippen molar-refractivity contribution in [3.63, 3.8) is 0 Å². The number of hydrogen-bond acceptors (Lipinski definition) is 3. The first kappa shape index (κ1) is 14.1. The summed E-state index contributed by atoms with van der Waals surface area (Å²) in [5, 5.41) is 0. The molecule has 0 unspecified atom stereocenters. The van der Waals surface area contributed by atoms with E-state index in [-0.39, 0.29) is 11.3 Å². The van der Waals surface area contributed by atoms with Crippen molar-refractivity contribution in [1.29, 1.82) is 0 Å². The minimum absolute atomic E-state index is 0.00662. The average Bonchev–Trinajstić information content (AvgIpc) is 2.45. The lowest BCUT2D eigenvalue weighted by atomic mass is 10.0.